The van der Waals surface area contributed by atoms with Gasteiger partial charge in [0.1, 0.15) is 11.3 Å². The van der Waals surface area contributed by atoms with Crippen LogP contribution in [0.25, 0.3) is 10.9 Å². The van der Waals surface area contributed by atoms with Gasteiger partial charge in [0.05, 0.1) is 17.8 Å². The van der Waals surface area contributed by atoms with Gasteiger partial charge in [-0.05, 0) is 26.0 Å². The number of anilines is 1. The number of hydrogen-bond acceptors (Lipinski definition) is 5. The number of Topliss-reactive ketones (excluding diaryl/α,β-unsaturated/α-hetero) is 1. The largest absolute Gasteiger partial charge is 0.496 e. The average molecular weight is 387 g/mol. The van der Waals surface area contributed by atoms with Crippen LogP contribution < -0.4 is 10.5 Å². The summed E-state index contributed by atoms with van der Waals surface area (Å²) in [4.78, 5) is 28.6. The van der Waals surface area contributed by atoms with Crippen LogP contribution in [0.15, 0.2) is 36.4 Å². The van der Waals surface area contributed by atoms with E-state index in [9.17, 15) is 9.59 Å². The van der Waals surface area contributed by atoms with E-state index in [1.807, 2.05) is 31.2 Å². The third-order valence-corrected chi connectivity index (χ3v) is 4.66. The molecule has 0 unspecified atom stereocenters. The number of carbonyl (C=O) groups excluding carboxylic acids is 2. The number of ketones is 1. The molecule has 1 atom stereocenters. The second-order valence-corrected chi connectivity index (χ2v) is 6.56. The van der Waals surface area contributed by atoms with Crippen molar-refractivity contribution in [2.24, 2.45) is 0 Å². The summed E-state index contributed by atoms with van der Waals surface area (Å²) in [5, 5.41) is 0.991. The Hall–Kier alpha value is -2.99. The lowest BCUT2D eigenvalue weighted by Crippen LogP contribution is -2.25. The van der Waals surface area contributed by atoms with Crippen LogP contribution >= 0.6 is 11.6 Å². The van der Waals surface area contributed by atoms with Crippen LogP contribution in [0.1, 0.15) is 33.3 Å². The molecule has 0 amide bonds. The first-order chi connectivity index (χ1) is 12.8. The number of hydrogen-bond donors (Lipinski definition) is 2. The Bertz CT molecular complexity index is 1040. The molecule has 7 heteroatoms. The zero-order chi connectivity index (χ0) is 19.7. The van der Waals surface area contributed by atoms with Gasteiger partial charge in [-0.2, -0.15) is 0 Å². The van der Waals surface area contributed by atoms with E-state index in [2.05, 4.69) is 4.98 Å². The van der Waals surface area contributed by atoms with Gasteiger partial charge in [-0.15, -0.1) is 0 Å². The molecule has 0 aliphatic carbocycles. The molecule has 3 rings (SSSR count). The van der Waals surface area contributed by atoms with Gasteiger partial charge in [0.15, 0.2) is 6.10 Å². The maximum atomic E-state index is 12.9. The van der Waals surface area contributed by atoms with Gasteiger partial charge in [-0.1, -0.05) is 29.8 Å². The van der Waals surface area contributed by atoms with Crippen molar-refractivity contribution < 1.29 is 19.1 Å². The summed E-state index contributed by atoms with van der Waals surface area (Å²) in [6.45, 7) is 3.34. The highest BCUT2D eigenvalue weighted by molar-refractivity contribution is 6.33. The zero-order valence-electron chi connectivity index (χ0n) is 15.1. The maximum Gasteiger partial charge on any atom is 0.342 e. The number of aromatic amines is 1. The van der Waals surface area contributed by atoms with Gasteiger partial charge in [0.25, 0.3) is 0 Å². The van der Waals surface area contributed by atoms with Gasteiger partial charge in [-0.3, -0.25) is 4.79 Å². The number of benzene rings is 2. The number of methoxy groups -OCH3 is 1. The number of para-hydroxylation sites is 1. The van der Waals surface area contributed by atoms with Crippen molar-refractivity contribution in [2.75, 3.05) is 12.8 Å². The molecule has 3 N–H and O–H groups in total. The lowest BCUT2D eigenvalue weighted by molar-refractivity contribution is 0.0316. The number of esters is 1. The van der Waals surface area contributed by atoms with Gasteiger partial charge in [0.2, 0.25) is 5.78 Å². The van der Waals surface area contributed by atoms with Gasteiger partial charge < -0.3 is 20.2 Å². The Labute approximate surface area is 161 Å². The summed E-state index contributed by atoms with van der Waals surface area (Å²) in [5.74, 6) is -0.782. The molecule has 0 aliphatic rings. The number of aryl methyl sites for hydroxylation is 1. The predicted molar refractivity (Wildman–Crippen MR) is 105 cm³/mol. The van der Waals surface area contributed by atoms with E-state index < -0.39 is 12.1 Å². The van der Waals surface area contributed by atoms with Crippen LogP contribution in [0, 0.1) is 6.92 Å². The lowest BCUT2D eigenvalue weighted by atomic mass is 10.0. The number of nitrogens with one attached hydrogen (secondary N) is 1. The first-order valence-electron chi connectivity index (χ1n) is 8.29. The molecular weight excluding hydrogens is 368 g/mol. The smallest absolute Gasteiger partial charge is 0.342 e. The van der Waals surface area contributed by atoms with Crippen molar-refractivity contribution in [1.29, 1.82) is 0 Å². The Morgan fingerprint density at radius 3 is 2.63 bits per heavy atom. The molecule has 6 nitrogen and oxygen atoms in total. The summed E-state index contributed by atoms with van der Waals surface area (Å²) in [6.07, 6.45) is -0.989. The van der Waals surface area contributed by atoms with E-state index in [0.717, 1.165) is 16.6 Å². The molecule has 27 heavy (non-hydrogen) atoms. The van der Waals surface area contributed by atoms with Crippen LogP contribution in [0.5, 0.6) is 5.75 Å². The van der Waals surface area contributed by atoms with E-state index in [0.29, 0.717) is 5.56 Å². The summed E-state index contributed by atoms with van der Waals surface area (Å²) >= 11 is 5.99. The summed E-state index contributed by atoms with van der Waals surface area (Å²) in [6, 6.07) is 10.3. The quantitative estimate of drug-likeness (QED) is 0.390. The Kier molecular flexibility index (Phi) is 5.10. The molecule has 3 aromatic rings. The molecule has 1 aromatic heterocycles. The van der Waals surface area contributed by atoms with E-state index in [1.165, 1.54) is 26.2 Å². The number of carbonyl (C=O) groups is 2. The third-order valence-electron chi connectivity index (χ3n) is 4.33. The number of nitrogens with two attached hydrogens (primary N) is 1. The number of H-pyrrole nitrogens is 1. The highest BCUT2D eigenvalue weighted by atomic mass is 35.5. The maximum absolute atomic E-state index is 12.9. The third kappa shape index (κ3) is 3.48. The fraction of sp³-hybridized carbons (Fsp3) is 0.200. The molecule has 0 bridgehead atoms. The Balaban J connectivity index is 1.88. The van der Waals surface area contributed by atoms with E-state index in [4.69, 9.17) is 26.8 Å². The number of rotatable bonds is 5. The predicted octanol–water partition coefficient (Wildman–Crippen LogP) is 4.15. The Morgan fingerprint density at radius 1 is 1.22 bits per heavy atom. The van der Waals surface area contributed by atoms with Crippen molar-refractivity contribution in [1.82, 2.24) is 4.98 Å². The van der Waals surface area contributed by atoms with E-state index in [-0.39, 0.29) is 27.8 Å². The minimum absolute atomic E-state index is 0.104. The standard InChI is InChI=1S/C20H19ClN2O4/c1-10-18(12-6-4-5-7-16(12)23-10)19(24)11(2)27-20(25)13-8-14(21)15(22)9-17(13)26-3/h4-9,11,23H,22H2,1-3H3/t11-/m1/s1. The first kappa shape index (κ1) is 18.8. The molecule has 0 aliphatic heterocycles. The average Bonchev–Trinajstić information content (AvgIpc) is 2.98. The highest BCUT2D eigenvalue weighted by Crippen LogP contribution is 2.30. The van der Waals surface area contributed by atoms with Crippen LogP contribution in [-0.4, -0.2) is 30.0 Å². The van der Waals surface area contributed by atoms with Crippen LogP contribution in [0.3, 0.4) is 0 Å². The molecule has 1 heterocycles. The molecule has 140 valence electrons. The van der Waals surface area contributed by atoms with Crippen LogP contribution in [0.2, 0.25) is 5.02 Å². The monoisotopic (exact) mass is 386 g/mol. The molecule has 0 saturated heterocycles. The summed E-state index contributed by atoms with van der Waals surface area (Å²) < 4.78 is 10.5. The van der Waals surface area contributed by atoms with Gasteiger partial charge in [-0.25, -0.2) is 4.79 Å². The van der Waals surface area contributed by atoms with Gasteiger partial charge in [0, 0.05) is 28.2 Å². The van der Waals surface area contributed by atoms with Crippen molar-refractivity contribution in [3.8, 4) is 5.75 Å². The number of aromatic nitrogens is 1. The minimum atomic E-state index is -0.989. The van der Waals surface area contributed by atoms with Crippen molar-refractivity contribution in [3.63, 3.8) is 0 Å². The van der Waals surface area contributed by atoms with Crippen LogP contribution in [0.4, 0.5) is 5.69 Å². The fourth-order valence-electron chi connectivity index (χ4n) is 2.97. The lowest BCUT2D eigenvalue weighted by Gasteiger charge is -2.15. The molecule has 0 spiro atoms. The molecule has 0 radical (unpaired) electrons. The highest BCUT2D eigenvalue weighted by Gasteiger charge is 2.26. The molecule has 0 fully saturated rings. The Morgan fingerprint density at radius 2 is 1.93 bits per heavy atom. The number of ether oxygens (including phenoxy) is 2. The summed E-state index contributed by atoms with van der Waals surface area (Å²) in [5.41, 5.74) is 8.19. The number of fused-ring (bicyclic) bond motifs is 1. The van der Waals surface area contributed by atoms with Gasteiger partial charge >= 0.3 is 5.97 Å². The molecular formula is C20H19ClN2O4. The normalized spacial score (nSPS) is 12.0. The topological polar surface area (TPSA) is 94.4 Å². The van der Waals surface area contributed by atoms with Crippen molar-refractivity contribution >= 4 is 39.9 Å². The van der Waals surface area contributed by atoms with Crippen molar-refractivity contribution in [2.45, 2.75) is 20.0 Å². The van der Waals surface area contributed by atoms with Crippen molar-refractivity contribution in [3.05, 3.63) is 58.2 Å². The SMILES string of the molecule is COc1cc(N)c(Cl)cc1C(=O)O[C@H](C)C(=O)c1c(C)[nH]c2ccccc12. The molecule has 2 aromatic carbocycles. The molecule has 0 saturated carbocycles. The first-order valence-corrected chi connectivity index (χ1v) is 8.66. The van der Waals surface area contributed by atoms with E-state index >= 15 is 0 Å². The van der Waals surface area contributed by atoms with Crippen LogP contribution in [-0.2, 0) is 4.74 Å². The zero-order valence-corrected chi connectivity index (χ0v) is 15.9. The van der Waals surface area contributed by atoms with E-state index in [1.54, 1.807) is 0 Å². The second-order valence-electron chi connectivity index (χ2n) is 6.16. The fourth-order valence-corrected chi connectivity index (χ4v) is 3.14. The number of halogens is 1. The minimum Gasteiger partial charge on any atom is -0.496 e. The number of nitrogen functional groups attached to an aromatic ring is 1. The summed E-state index contributed by atoms with van der Waals surface area (Å²) in [7, 11) is 1.41. The second kappa shape index (κ2) is 7.32.